The molecule has 0 fully saturated rings. The third-order valence-corrected chi connectivity index (χ3v) is 2.35. The summed E-state index contributed by atoms with van der Waals surface area (Å²) in [6.07, 6.45) is 0.448. The number of carbonyl (C=O) groups is 1. The summed E-state index contributed by atoms with van der Waals surface area (Å²) in [6.45, 7) is 0.224. The summed E-state index contributed by atoms with van der Waals surface area (Å²) in [5.41, 5.74) is 6.26. The smallest absolute Gasteiger partial charge is 0.253 e. The lowest BCUT2D eigenvalue weighted by Crippen LogP contribution is -2.21. The highest BCUT2D eigenvalue weighted by molar-refractivity contribution is 5.93. The van der Waals surface area contributed by atoms with Crippen LogP contribution >= 0.6 is 12.4 Å². The number of carbonyl (C=O) groups excluding carboxylic acids is 1. The number of ether oxygens (including phenoxy) is 1. The molecular formula is C13H18ClFN2O2. The van der Waals surface area contributed by atoms with Gasteiger partial charge >= 0.3 is 0 Å². The van der Waals surface area contributed by atoms with Crippen LogP contribution in [0.3, 0.4) is 0 Å². The maximum Gasteiger partial charge on any atom is 0.253 e. The van der Waals surface area contributed by atoms with Crippen LogP contribution < -0.4 is 10.5 Å². The van der Waals surface area contributed by atoms with Crippen molar-refractivity contribution >= 4 is 18.3 Å². The third kappa shape index (κ3) is 5.28. The highest BCUT2D eigenvalue weighted by Crippen LogP contribution is 2.14. The van der Waals surface area contributed by atoms with Crippen molar-refractivity contribution in [2.75, 3.05) is 27.2 Å². The van der Waals surface area contributed by atoms with Gasteiger partial charge in [0.1, 0.15) is 12.4 Å². The Kier molecular flexibility index (Phi) is 7.79. The molecule has 0 saturated carbocycles. The Morgan fingerprint density at radius 3 is 2.37 bits per heavy atom. The minimum absolute atomic E-state index is 0. The van der Waals surface area contributed by atoms with E-state index < -0.39 is 0 Å². The SMILES string of the molecule is CN(C)C(=O)c1ccc(OCC(=CF)CN)cc1.Cl. The highest BCUT2D eigenvalue weighted by atomic mass is 35.5. The standard InChI is InChI=1S/C13H17FN2O2.ClH/c1-16(2)13(17)11-3-5-12(6-4-11)18-9-10(7-14)8-15;/h3-7H,8-9,15H2,1-2H3;1H. The number of hydrogen-bond acceptors (Lipinski definition) is 3. The quantitative estimate of drug-likeness (QED) is 0.902. The Bertz CT molecular complexity index is 433. The van der Waals surface area contributed by atoms with Gasteiger partial charge in [-0.05, 0) is 24.3 Å². The van der Waals surface area contributed by atoms with E-state index in [0.29, 0.717) is 23.2 Å². The average Bonchev–Trinajstić information content (AvgIpc) is 2.39. The number of rotatable bonds is 5. The predicted molar refractivity (Wildman–Crippen MR) is 75.4 cm³/mol. The Labute approximate surface area is 118 Å². The zero-order valence-corrected chi connectivity index (χ0v) is 11.7. The first-order valence-electron chi connectivity index (χ1n) is 5.51. The van der Waals surface area contributed by atoms with Gasteiger partial charge in [-0.15, -0.1) is 12.4 Å². The van der Waals surface area contributed by atoms with Crippen LogP contribution in [0.2, 0.25) is 0 Å². The van der Waals surface area contributed by atoms with Crippen molar-refractivity contribution in [3.8, 4) is 5.75 Å². The largest absolute Gasteiger partial charge is 0.489 e. The van der Waals surface area contributed by atoms with Gasteiger partial charge in [0, 0.05) is 31.8 Å². The molecule has 0 radical (unpaired) electrons. The fourth-order valence-corrected chi connectivity index (χ4v) is 1.26. The maximum atomic E-state index is 12.2. The van der Waals surface area contributed by atoms with E-state index in [9.17, 15) is 9.18 Å². The summed E-state index contributed by atoms with van der Waals surface area (Å²) < 4.78 is 17.6. The Morgan fingerprint density at radius 2 is 1.95 bits per heavy atom. The summed E-state index contributed by atoms with van der Waals surface area (Å²) in [6, 6.07) is 6.67. The van der Waals surface area contributed by atoms with Gasteiger partial charge in [0.2, 0.25) is 0 Å². The lowest BCUT2D eigenvalue weighted by Gasteiger charge is -2.11. The first-order valence-corrected chi connectivity index (χ1v) is 5.51. The molecule has 6 heteroatoms. The first-order chi connectivity index (χ1) is 8.58. The number of nitrogens with zero attached hydrogens (tertiary/aromatic N) is 1. The van der Waals surface area contributed by atoms with E-state index in [-0.39, 0.29) is 31.5 Å². The molecule has 0 aliphatic heterocycles. The third-order valence-electron chi connectivity index (χ3n) is 2.35. The van der Waals surface area contributed by atoms with E-state index in [0.717, 1.165) is 0 Å². The van der Waals surface area contributed by atoms with Crippen molar-refractivity contribution in [3.63, 3.8) is 0 Å². The van der Waals surface area contributed by atoms with Crippen LogP contribution in [-0.2, 0) is 0 Å². The van der Waals surface area contributed by atoms with Gasteiger partial charge in [0.05, 0.1) is 6.33 Å². The monoisotopic (exact) mass is 288 g/mol. The van der Waals surface area contributed by atoms with Crippen LogP contribution in [0.15, 0.2) is 36.2 Å². The molecule has 0 saturated heterocycles. The maximum absolute atomic E-state index is 12.2. The highest BCUT2D eigenvalue weighted by Gasteiger charge is 2.07. The van der Waals surface area contributed by atoms with E-state index in [1.807, 2.05) is 0 Å². The molecule has 1 aromatic carbocycles. The molecule has 0 aliphatic rings. The van der Waals surface area contributed by atoms with Crippen LogP contribution in [0.25, 0.3) is 0 Å². The van der Waals surface area contributed by atoms with Crippen LogP contribution in [0.5, 0.6) is 5.75 Å². The summed E-state index contributed by atoms with van der Waals surface area (Å²) in [5.74, 6) is 0.492. The summed E-state index contributed by atoms with van der Waals surface area (Å²) in [5, 5.41) is 0. The fraction of sp³-hybridized carbons (Fsp3) is 0.308. The first kappa shape index (κ1) is 17.4. The van der Waals surface area contributed by atoms with Crippen molar-refractivity contribution in [3.05, 3.63) is 41.7 Å². The van der Waals surface area contributed by atoms with Gasteiger partial charge < -0.3 is 15.4 Å². The van der Waals surface area contributed by atoms with Crippen molar-refractivity contribution < 1.29 is 13.9 Å². The molecule has 0 bridgehead atoms. The molecular weight excluding hydrogens is 271 g/mol. The molecule has 0 heterocycles. The lowest BCUT2D eigenvalue weighted by molar-refractivity contribution is 0.0827. The lowest BCUT2D eigenvalue weighted by atomic mass is 10.2. The molecule has 0 spiro atoms. The molecule has 106 valence electrons. The van der Waals surface area contributed by atoms with Crippen molar-refractivity contribution in [1.29, 1.82) is 0 Å². The zero-order chi connectivity index (χ0) is 13.5. The number of benzene rings is 1. The van der Waals surface area contributed by atoms with Crippen molar-refractivity contribution in [2.24, 2.45) is 5.73 Å². The summed E-state index contributed by atoms with van der Waals surface area (Å²) >= 11 is 0. The molecule has 0 aliphatic carbocycles. The predicted octanol–water partition coefficient (Wildman–Crippen LogP) is 2.00. The van der Waals surface area contributed by atoms with E-state index in [4.69, 9.17) is 10.5 Å². The number of halogens is 2. The molecule has 19 heavy (non-hydrogen) atoms. The number of nitrogens with two attached hydrogens (primary N) is 1. The second-order valence-corrected chi connectivity index (χ2v) is 3.98. The van der Waals surface area contributed by atoms with E-state index >= 15 is 0 Å². The van der Waals surface area contributed by atoms with Crippen LogP contribution in [0.4, 0.5) is 4.39 Å². The van der Waals surface area contributed by atoms with E-state index in [2.05, 4.69) is 0 Å². The van der Waals surface area contributed by atoms with Gasteiger partial charge in [-0.2, -0.15) is 0 Å². The van der Waals surface area contributed by atoms with Gasteiger partial charge in [-0.1, -0.05) is 0 Å². The Morgan fingerprint density at radius 1 is 1.37 bits per heavy atom. The van der Waals surface area contributed by atoms with Crippen LogP contribution in [0, 0.1) is 0 Å². The topological polar surface area (TPSA) is 55.6 Å². The Balaban J connectivity index is 0.00000324. The Hall–Kier alpha value is -1.59. The molecule has 1 rings (SSSR count). The molecule has 1 amide bonds. The van der Waals surface area contributed by atoms with Gasteiger partial charge in [-0.3, -0.25) is 4.79 Å². The molecule has 1 aromatic rings. The van der Waals surface area contributed by atoms with Crippen LogP contribution in [0.1, 0.15) is 10.4 Å². The van der Waals surface area contributed by atoms with Gasteiger partial charge in [-0.25, -0.2) is 4.39 Å². The zero-order valence-electron chi connectivity index (χ0n) is 10.9. The summed E-state index contributed by atoms with van der Waals surface area (Å²) in [7, 11) is 3.37. The fourth-order valence-electron chi connectivity index (χ4n) is 1.26. The molecule has 0 unspecified atom stereocenters. The summed E-state index contributed by atoms with van der Waals surface area (Å²) in [4.78, 5) is 13.1. The van der Waals surface area contributed by atoms with Crippen LogP contribution in [-0.4, -0.2) is 38.1 Å². The van der Waals surface area contributed by atoms with Crippen molar-refractivity contribution in [2.45, 2.75) is 0 Å². The molecule has 2 N–H and O–H groups in total. The van der Waals surface area contributed by atoms with E-state index in [1.54, 1.807) is 38.4 Å². The number of amides is 1. The number of hydrogen-bond donors (Lipinski definition) is 1. The minimum Gasteiger partial charge on any atom is -0.489 e. The second kappa shape index (κ2) is 8.50. The van der Waals surface area contributed by atoms with Gasteiger partial charge in [0.25, 0.3) is 5.91 Å². The normalized spacial score (nSPS) is 10.6. The molecule has 0 aromatic heterocycles. The minimum atomic E-state index is -0.0761. The molecule has 4 nitrogen and oxygen atoms in total. The second-order valence-electron chi connectivity index (χ2n) is 3.98. The average molecular weight is 289 g/mol. The van der Waals surface area contributed by atoms with E-state index in [1.165, 1.54) is 4.90 Å². The molecule has 0 atom stereocenters. The van der Waals surface area contributed by atoms with Crippen molar-refractivity contribution in [1.82, 2.24) is 4.90 Å². The van der Waals surface area contributed by atoms with Gasteiger partial charge in [0.15, 0.2) is 0 Å².